The van der Waals surface area contributed by atoms with E-state index in [4.69, 9.17) is 11.6 Å². The van der Waals surface area contributed by atoms with Crippen molar-refractivity contribution in [2.45, 2.75) is 37.3 Å². The molecule has 3 aliphatic heterocycles. The molecule has 2 aromatic rings. The number of rotatable bonds is 2. The van der Waals surface area contributed by atoms with Crippen LogP contribution in [-0.2, 0) is 0 Å². The first-order valence-corrected chi connectivity index (χ1v) is 9.71. The first-order chi connectivity index (χ1) is 11.6. The highest BCUT2D eigenvalue weighted by atomic mass is 35.5. The van der Waals surface area contributed by atoms with Crippen LogP contribution in [0.15, 0.2) is 18.2 Å². The molecule has 3 nitrogen and oxygen atoms in total. The van der Waals surface area contributed by atoms with Crippen LogP contribution in [0.3, 0.4) is 0 Å². The zero-order valence-corrected chi connectivity index (χ0v) is 14.7. The maximum absolute atomic E-state index is 14.1. The molecule has 4 heterocycles. The fourth-order valence-electron chi connectivity index (χ4n) is 4.69. The number of carbonyl (C=O) groups excluding carboxylic acids is 1. The maximum atomic E-state index is 14.1. The van der Waals surface area contributed by atoms with Gasteiger partial charge in [0, 0.05) is 5.54 Å². The van der Waals surface area contributed by atoms with E-state index in [0.29, 0.717) is 15.5 Å². The number of fused-ring (bicyclic) bond motifs is 3. The second kappa shape index (κ2) is 5.16. The Morgan fingerprint density at radius 3 is 2.79 bits per heavy atom. The van der Waals surface area contributed by atoms with E-state index in [9.17, 15) is 9.18 Å². The van der Waals surface area contributed by atoms with Crippen molar-refractivity contribution in [2.75, 3.05) is 13.1 Å². The summed E-state index contributed by atoms with van der Waals surface area (Å²) in [6.45, 7) is 2.34. The monoisotopic (exact) mass is 364 g/mol. The molecule has 0 radical (unpaired) electrons. The Kier molecular flexibility index (Phi) is 3.25. The SMILES string of the molecule is O=C(N[C@@H]1C2CCN(CC2)C12CC2)c1cc2ccc(Cl)c(F)c2s1. The summed E-state index contributed by atoms with van der Waals surface area (Å²) in [5.74, 6) is 0.0819. The molecule has 6 rings (SSSR count). The highest BCUT2D eigenvalue weighted by molar-refractivity contribution is 7.20. The fourth-order valence-corrected chi connectivity index (χ4v) is 5.91. The van der Waals surface area contributed by atoms with Gasteiger partial charge in [-0.15, -0.1) is 11.3 Å². The lowest BCUT2D eigenvalue weighted by Gasteiger charge is -2.52. The minimum absolute atomic E-state index is 0.0725. The van der Waals surface area contributed by atoms with Gasteiger partial charge in [-0.05, 0) is 62.2 Å². The zero-order chi connectivity index (χ0) is 16.5. The van der Waals surface area contributed by atoms with Gasteiger partial charge in [-0.25, -0.2) is 4.39 Å². The van der Waals surface area contributed by atoms with E-state index in [2.05, 4.69) is 10.2 Å². The van der Waals surface area contributed by atoms with E-state index in [-0.39, 0.29) is 22.5 Å². The third-order valence-corrected chi connectivity index (χ3v) is 7.51. The average molecular weight is 365 g/mol. The van der Waals surface area contributed by atoms with E-state index >= 15 is 0 Å². The van der Waals surface area contributed by atoms with Crippen molar-refractivity contribution < 1.29 is 9.18 Å². The van der Waals surface area contributed by atoms with Crippen LogP contribution in [0.4, 0.5) is 4.39 Å². The van der Waals surface area contributed by atoms with Crippen molar-refractivity contribution >= 4 is 38.9 Å². The molecule has 6 heteroatoms. The number of nitrogens with zero attached hydrogens (tertiary/aromatic N) is 1. The molecule has 1 aromatic carbocycles. The quantitative estimate of drug-likeness (QED) is 0.871. The van der Waals surface area contributed by atoms with E-state index in [1.165, 1.54) is 50.1 Å². The molecule has 1 saturated carbocycles. The summed E-state index contributed by atoms with van der Waals surface area (Å²) < 4.78 is 14.6. The number of piperidine rings is 3. The Balaban J connectivity index is 1.44. The Morgan fingerprint density at radius 2 is 2.08 bits per heavy atom. The number of halogens is 2. The lowest BCUT2D eigenvalue weighted by atomic mass is 9.77. The highest BCUT2D eigenvalue weighted by Gasteiger charge is 2.60. The van der Waals surface area contributed by atoms with Crippen molar-refractivity contribution in [1.29, 1.82) is 0 Å². The first-order valence-electron chi connectivity index (χ1n) is 8.52. The number of hydrogen-bond acceptors (Lipinski definition) is 3. The second-order valence-electron chi connectivity index (χ2n) is 7.27. The molecule has 4 aliphatic rings. The average Bonchev–Trinajstić information content (AvgIpc) is 3.24. The third kappa shape index (κ3) is 2.07. The molecule has 1 spiro atoms. The molecule has 2 bridgehead atoms. The first kappa shape index (κ1) is 15.1. The van der Waals surface area contributed by atoms with Gasteiger partial charge in [0.15, 0.2) is 5.82 Å². The van der Waals surface area contributed by atoms with Crippen LogP contribution in [-0.4, -0.2) is 35.5 Å². The fraction of sp³-hybridized carbons (Fsp3) is 0.500. The third-order valence-electron chi connectivity index (χ3n) is 6.07. The normalized spacial score (nSPS) is 30.0. The lowest BCUT2D eigenvalue weighted by molar-refractivity contribution is -0.00138. The molecule has 3 saturated heterocycles. The number of amides is 1. The van der Waals surface area contributed by atoms with E-state index in [1.54, 1.807) is 18.2 Å². The number of carbonyl (C=O) groups is 1. The largest absolute Gasteiger partial charge is 0.346 e. The van der Waals surface area contributed by atoms with Crippen LogP contribution in [0.25, 0.3) is 10.1 Å². The predicted molar refractivity (Wildman–Crippen MR) is 94.3 cm³/mol. The molecular formula is C18H18ClFN2OS. The number of benzene rings is 1. The highest BCUT2D eigenvalue weighted by Crippen LogP contribution is 2.53. The summed E-state index contributed by atoms with van der Waals surface area (Å²) in [5.41, 5.74) is 0.210. The number of thiophene rings is 1. The van der Waals surface area contributed by atoms with Gasteiger partial charge in [-0.2, -0.15) is 0 Å². The Labute approximate surface area is 148 Å². The van der Waals surface area contributed by atoms with Gasteiger partial charge >= 0.3 is 0 Å². The molecule has 1 aromatic heterocycles. The Morgan fingerprint density at radius 1 is 1.33 bits per heavy atom. The summed E-state index contributed by atoms with van der Waals surface area (Å²) in [6.07, 6.45) is 4.71. The summed E-state index contributed by atoms with van der Waals surface area (Å²) in [5, 5.41) is 4.13. The minimum Gasteiger partial charge on any atom is -0.346 e. The Hall–Kier alpha value is -1.17. The summed E-state index contributed by atoms with van der Waals surface area (Å²) in [6, 6.07) is 5.33. The topological polar surface area (TPSA) is 32.3 Å². The molecule has 1 N–H and O–H groups in total. The molecule has 1 atom stereocenters. The van der Waals surface area contributed by atoms with Crippen LogP contribution in [0.1, 0.15) is 35.4 Å². The van der Waals surface area contributed by atoms with Crippen molar-refractivity contribution in [2.24, 2.45) is 5.92 Å². The Bertz CT molecular complexity index is 839. The van der Waals surface area contributed by atoms with Crippen LogP contribution in [0.2, 0.25) is 5.02 Å². The van der Waals surface area contributed by atoms with Crippen molar-refractivity contribution in [3.05, 3.63) is 33.9 Å². The molecular weight excluding hydrogens is 347 g/mol. The molecule has 0 unspecified atom stereocenters. The maximum Gasteiger partial charge on any atom is 0.261 e. The molecule has 24 heavy (non-hydrogen) atoms. The molecule has 1 amide bonds. The van der Waals surface area contributed by atoms with Crippen molar-refractivity contribution in [3.63, 3.8) is 0 Å². The standard InChI is InChI=1S/C18H18ClFN2OS/c19-12-2-1-11-9-13(24-15(11)14(12)20)17(23)21-16-10-3-7-22(8-4-10)18(16)5-6-18/h1-2,9-10,16H,3-8H2,(H,21,23)/t16-/m1/s1. The lowest BCUT2D eigenvalue weighted by Crippen LogP contribution is -2.65. The van der Waals surface area contributed by atoms with Gasteiger partial charge in [0.05, 0.1) is 20.6 Å². The van der Waals surface area contributed by atoms with Crippen LogP contribution < -0.4 is 5.32 Å². The van der Waals surface area contributed by atoms with E-state index < -0.39 is 5.82 Å². The second-order valence-corrected chi connectivity index (χ2v) is 8.73. The van der Waals surface area contributed by atoms with Gasteiger partial charge < -0.3 is 5.32 Å². The van der Waals surface area contributed by atoms with Crippen molar-refractivity contribution in [3.8, 4) is 0 Å². The van der Waals surface area contributed by atoms with Gasteiger partial charge in [0.25, 0.3) is 5.91 Å². The molecule has 4 fully saturated rings. The zero-order valence-electron chi connectivity index (χ0n) is 13.1. The predicted octanol–water partition coefficient (Wildman–Crippen LogP) is 4.05. The smallest absolute Gasteiger partial charge is 0.261 e. The van der Waals surface area contributed by atoms with E-state index in [0.717, 1.165) is 5.39 Å². The van der Waals surface area contributed by atoms with Crippen LogP contribution in [0, 0.1) is 11.7 Å². The minimum atomic E-state index is -0.431. The summed E-state index contributed by atoms with van der Waals surface area (Å²) in [7, 11) is 0. The molecule has 126 valence electrons. The van der Waals surface area contributed by atoms with Crippen molar-refractivity contribution in [1.82, 2.24) is 10.2 Å². The van der Waals surface area contributed by atoms with Crippen LogP contribution >= 0.6 is 22.9 Å². The van der Waals surface area contributed by atoms with Gasteiger partial charge in [-0.3, -0.25) is 9.69 Å². The summed E-state index contributed by atoms with van der Waals surface area (Å²) >= 11 is 7.04. The summed E-state index contributed by atoms with van der Waals surface area (Å²) in [4.78, 5) is 15.9. The molecule has 1 aliphatic carbocycles. The van der Waals surface area contributed by atoms with Crippen LogP contribution in [0.5, 0.6) is 0 Å². The van der Waals surface area contributed by atoms with Gasteiger partial charge in [0.1, 0.15) is 0 Å². The number of nitrogens with one attached hydrogen (secondary N) is 1. The van der Waals surface area contributed by atoms with Gasteiger partial charge in [0.2, 0.25) is 0 Å². The van der Waals surface area contributed by atoms with Gasteiger partial charge in [-0.1, -0.05) is 17.7 Å². The number of hydrogen-bond donors (Lipinski definition) is 1. The van der Waals surface area contributed by atoms with E-state index in [1.807, 2.05) is 0 Å².